The average molecular weight is 911 g/mol. The van der Waals surface area contributed by atoms with E-state index in [2.05, 4.69) is 10.6 Å². The molecule has 0 spiro atoms. The average Bonchev–Trinajstić information content (AvgIpc) is 3.23. The topological polar surface area (TPSA) is 445 Å². The number of amides is 2. The van der Waals surface area contributed by atoms with Crippen LogP contribution in [-0.2, 0) is 52.2 Å². The van der Waals surface area contributed by atoms with Gasteiger partial charge >= 0.3 is 0 Å². The Bertz CT molecular complexity index is 1440. The first-order chi connectivity index (χ1) is 29.3. The molecule has 25 atom stereocenters. The van der Waals surface area contributed by atoms with Crippen LogP contribution in [0.15, 0.2) is 0 Å². The van der Waals surface area contributed by atoms with Crippen LogP contribution in [0.25, 0.3) is 0 Å². The Labute approximate surface area is 351 Å². The van der Waals surface area contributed by atoms with E-state index in [0.717, 1.165) is 13.8 Å². The van der Waals surface area contributed by atoms with E-state index in [1.807, 2.05) is 0 Å². The van der Waals surface area contributed by atoms with Crippen LogP contribution in [0.3, 0.4) is 0 Å². The highest BCUT2D eigenvalue weighted by Gasteiger charge is 2.57. The van der Waals surface area contributed by atoms with Gasteiger partial charge in [-0.25, -0.2) is 0 Å². The highest BCUT2D eigenvalue weighted by molar-refractivity contribution is 5.73. The van der Waals surface area contributed by atoms with Gasteiger partial charge in [-0.1, -0.05) is 0 Å². The molecule has 0 saturated carbocycles. The first-order valence-corrected chi connectivity index (χ1v) is 19.6. The number of carbonyl (C=O) groups is 2. The van der Waals surface area contributed by atoms with Crippen LogP contribution in [-0.4, -0.2) is 275 Å². The minimum atomic E-state index is -2.18. The Morgan fingerprint density at radius 3 is 1.31 bits per heavy atom. The van der Waals surface area contributed by atoms with E-state index >= 15 is 0 Å². The highest BCUT2D eigenvalue weighted by atomic mass is 16.8. The number of nitrogens with one attached hydrogen (secondary N) is 2. The molecule has 17 N–H and O–H groups in total. The number of ether oxygens (including phenoxy) is 9. The Balaban J connectivity index is 1.38. The molecule has 0 unspecified atom stereocenters. The van der Waals surface area contributed by atoms with Crippen LogP contribution in [0.4, 0.5) is 0 Å². The van der Waals surface area contributed by atoms with E-state index in [1.165, 1.54) is 0 Å². The van der Waals surface area contributed by atoms with Gasteiger partial charge in [-0.3, -0.25) is 9.59 Å². The van der Waals surface area contributed by atoms with Crippen molar-refractivity contribution in [3.8, 4) is 0 Å². The molecule has 360 valence electrons. The molecule has 0 aromatic heterocycles. The van der Waals surface area contributed by atoms with Crippen molar-refractivity contribution >= 4 is 11.8 Å². The van der Waals surface area contributed by atoms with Gasteiger partial charge in [0.25, 0.3) is 0 Å². The third-order valence-corrected chi connectivity index (χ3v) is 11.1. The Morgan fingerprint density at radius 1 is 0.387 bits per heavy atom. The van der Waals surface area contributed by atoms with Crippen molar-refractivity contribution < 1.29 is 129 Å². The van der Waals surface area contributed by atoms with Crippen LogP contribution >= 0.6 is 0 Å². The maximum Gasteiger partial charge on any atom is 0.217 e. The molecule has 5 saturated heterocycles. The Hall–Kier alpha value is -2.02. The maximum absolute atomic E-state index is 12.4. The summed E-state index contributed by atoms with van der Waals surface area (Å²) in [6, 6.07) is -3.16. The van der Waals surface area contributed by atoms with Crippen molar-refractivity contribution in [1.82, 2.24) is 10.6 Å². The number of aliphatic hydroxyl groups excluding tert-OH is 15. The SMILES string of the molecule is CC(=O)N[C@@H]1[C@@H](O)[C@H](O[C@@H]2O[C@H](CO)[C@@H](O[C@@H]3O[C@H](CO)[C@@H](O)[C@H](O[C@@H]4O[C@H](CO)[C@@H](O)[C@H](O)[C@@H]4O[C@@H]4O[C@@H](CO)[C@@H](O)[C@H](O)[C@@H]4O)[C@@H]3O)[C@H](O)[C@H]2NC(C)=O)[C@@H](CO)O[C@H]1O. The fraction of sp³-hybridized carbons (Fsp3) is 0.941. The first kappa shape index (κ1) is 51.0. The standard InChI is InChI=1S/C34H58N2O26/c1-8(42)35-15-20(47)26(13(6-40)54-30(15)53)59-31-16(36-9(2)43)21(48)27(14(7-41)58-31)60-33-25(52)28(19(46)12(5-39)56-33)61-34-29(23(50)18(45)11(4-38)57-34)62-32-24(51)22(49)17(44)10(3-37)55-32/h10-34,37-41,44-53H,3-7H2,1-2H3,(H,35,42)(H,36,43)/t10-,11+,12+,13+,14+,15+,16+,17+,18+,19+,20+,21+,22-,23-,24-,25-,26+,27+,28-,29-,30+,31-,32-,33-,34-/m0/s1. The molecule has 5 heterocycles. The fourth-order valence-electron chi connectivity index (χ4n) is 7.82. The van der Waals surface area contributed by atoms with Crippen LogP contribution in [0, 0.1) is 0 Å². The number of hydrogen-bond donors (Lipinski definition) is 17. The van der Waals surface area contributed by atoms with E-state index in [-0.39, 0.29) is 0 Å². The van der Waals surface area contributed by atoms with E-state index in [1.54, 1.807) is 0 Å². The quantitative estimate of drug-likeness (QED) is 0.0725. The van der Waals surface area contributed by atoms with Gasteiger partial charge in [-0.15, -0.1) is 0 Å². The van der Waals surface area contributed by atoms with Gasteiger partial charge in [-0.05, 0) is 0 Å². The van der Waals surface area contributed by atoms with Gasteiger partial charge in [0.2, 0.25) is 11.8 Å². The molecule has 0 aromatic carbocycles. The number of carbonyl (C=O) groups excluding carboxylic acids is 2. The summed E-state index contributed by atoms with van der Waals surface area (Å²) in [6.45, 7) is -2.53. The highest BCUT2D eigenvalue weighted by Crippen LogP contribution is 2.36. The molecular weight excluding hydrogens is 852 g/mol. The minimum Gasteiger partial charge on any atom is -0.394 e. The van der Waals surface area contributed by atoms with Crippen molar-refractivity contribution in [3.05, 3.63) is 0 Å². The molecule has 5 fully saturated rings. The van der Waals surface area contributed by atoms with Crippen LogP contribution in [0.5, 0.6) is 0 Å². The lowest BCUT2D eigenvalue weighted by atomic mass is 9.94. The molecule has 0 aliphatic carbocycles. The van der Waals surface area contributed by atoms with E-state index < -0.39 is 198 Å². The third kappa shape index (κ3) is 10.8. The summed E-state index contributed by atoms with van der Waals surface area (Å²) in [4.78, 5) is 24.2. The lowest BCUT2D eigenvalue weighted by Gasteiger charge is -2.50. The zero-order valence-electron chi connectivity index (χ0n) is 33.2. The zero-order valence-corrected chi connectivity index (χ0v) is 33.2. The molecule has 62 heavy (non-hydrogen) atoms. The van der Waals surface area contributed by atoms with Crippen molar-refractivity contribution in [1.29, 1.82) is 0 Å². The van der Waals surface area contributed by atoms with Crippen molar-refractivity contribution in [2.75, 3.05) is 33.0 Å². The first-order valence-electron chi connectivity index (χ1n) is 19.6. The molecule has 5 aliphatic heterocycles. The summed E-state index contributed by atoms with van der Waals surface area (Å²) in [5.41, 5.74) is 0. The molecular formula is C34H58N2O26. The van der Waals surface area contributed by atoms with E-state index in [9.17, 15) is 86.2 Å². The maximum atomic E-state index is 12.4. The van der Waals surface area contributed by atoms with Gasteiger partial charge in [-0.2, -0.15) is 0 Å². The van der Waals surface area contributed by atoms with Crippen LogP contribution in [0.2, 0.25) is 0 Å². The largest absolute Gasteiger partial charge is 0.394 e. The third-order valence-electron chi connectivity index (χ3n) is 11.1. The molecule has 0 radical (unpaired) electrons. The second-order valence-corrected chi connectivity index (χ2v) is 15.4. The normalized spacial score (nSPS) is 49.0. The van der Waals surface area contributed by atoms with Crippen LogP contribution in [0.1, 0.15) is 13.8 Å². The molecule has 28 heteroatoms. The smallest absolute Gasteiger partial charge is 0.217 e. The lowest BCUT2D eigenvalue weighted by Crippen LogP contribution is -2.70. The van der Waals surface area contributed by atoms with Gasteiger partial charge in [0.1, 0.15) is 122 Å². The molecule has 0 aromatic rings. The van der Waals surface area contributed by atoms with Crippen molar-refractivity contribution in [3.63, 3.8) is 0 Å². The summed E-state index contributed by atoms with van der Waals surface area (Å²) < 4.78 is 51.0. The second kappa shape index (κ2) is 22.0. The monoisotopic (exact) mass is 910 g/mol. The molecule has 28 nitrogen and oxygen atoms in total. The number of hydrogen-bond acceptors (Lipinski definition) is 26. The molecule has 2 amide bonds. The van der Waals surface area contributed by atoms with E-state index in [0.29, 0.717) is 0 Å². The Morgan fingerprint density at radius 2 is 0.774 bits per heavy atom. The second-order valence-electron chi connectivity index (χ2n) is 15.4. The summed E-state index contributed by atoms with van der Waals surface area (Å²) in [7, 11) is 0. The number of rotatable bonds is 15. The predicted octanol–water partition coefficient (Wildman–Crippen LogP) is -11.6. The summed E-state index contributed by atoms with van der Waals surface area (Å²) in [5.74, 6) is -1.47. The minimum absolute atomic E-state index is 0.687. The van der Waals surface area contributed by atoms with Crippen molar-refractivity contribution in [2.45, 2.75) is 167 Å². The lowest BCUT2D eigenvalue weighted by molar-refractivity contribution is -0.395. The fourth-order valence-corrected chi connectivity index (χ4v) is 7.82. The molecule has 5 aliphatic rings. The van der Waals surface area contributed by atoms with Gasteiger partial charge in [0, 0.05) is 13.8 Å². The van der Waals surface area contributed by atoms with Crippen molar-refractivity contribution in [2.24, 2.45) is 0 Å². The van der Waals surface area contributed by atoms with Crippen LogP contribution < -0.4 is 10.6 Å². The zero-order chi connectivity index (χ0) is 45.9. The predicted molar refractivity (Wildman–Crippen MR) is 190 cm³/mol. The Kier molecular flexibility index (Phi) is 18.1. The van der Waals surface area contributed by atoms with Gasteiger partial charge < -0.3 is 130 Å². The number of aliphatic hydroxyl groups is 15. The molecule has 0 bridgehead atoms. The van der Waals surface area contributed by atoms with Gasteiger partial charge in [0.15, 0.2) is 31.5 Å². The molecule has 5 rings (SSSR count). The summed E-state index contributed by atoms with van der Waals surface area (Å²) >= 11 is 0. The van der Waals surface area contributed by atoms with Gasteiger partial charge in [0.05, 0.1) is 33.0 Å². The summed E-state index contributed by atoms with van der Waals surface area (Å²) in [6.07, 6.45) is -42.7. The summed E-state index contributed by atoms with van der Waals surface area (Å²) in [5, 5.41) is 163. The van der Waals surface area contributed by atoms with E-state index in [4.69, 9.17) is 42.6 Å².